The van der Waals surface area contributed by atoms with E-state index in [-0.39, 0.29) is 35.1 Å². The molecule has 26 heavy (non-hydrogen) atoms. The van der Waals surface area contributed by atoms with Gasteiger partial charge < -0.3 is 15.0 Å². The first-order valence-electron chi connectivity index (χ1n) is 8.98. The van der Waals surface area contributed by atoms with Crippen LogP contribution in [0.3, 0.4) is 0 Å². The molecule has 1 aromatic rings. The van der Waals surface area contributed by atoms with E-state index in [0.717, 1.165) is 25.8 Å². The Bertz CT molecular complexity index is 715. The van der Waals surface area contributed by atoms with E-state index in [1.165, 1.54) is 11.3 Å². The lowest BCUT2D eigenvalue weighted by Gasteiger charge is -2.39. The molecule has 2 fully saturated rings. The number of hydrogen-bond acceptors (Lipinski definition) is 6. The lowest BCUT2D eigenvalue weighted by atomic mass is 9.65. The van der Waals surface area contributed by atoms with Crippen molar-refractivity contribution in [3.8, 4) is 0 Å². The lowest BCUT2D eigenvalue weighted by molar-refractivity contribution is -0.135. The number of nitrogens with one attached hydrogen (secondary N) is 1. The molecule has 7 heteroatoms. The quantitative estimate of drug-likeness (QED) is 0.608. The van der Waals surface area contributed by atoms with Gasteiger partial charge in [0.15, 0.2) is 17.4 Å². The number of carbonyl (C=O) groups is 2. The van der Waals surface area contributed by atoms with E-state index >= 15 is 0 Å². The monoisotopic (exact) mass is 377 g/mol. The van der Waals surface area contributed by atoms with Crippen molar-refractivity contribution >= 4 is 28.3 Å². The molecule has 2 bridgehead atoms. The third kappa shape index (κ3) is 4.09. The number of nitrogens with zero attached hydrogens (tertiary/aromatic N) is 2. The van der Waals surface area contributed by atoms with Crippen molar-refractivity contribution in [2.24, 2.45) is 10.8 Å². The summed E-state index contributed by atoms with van der Waals surface area (Å²) in [5.74, 6) is -0.667. The fourth-order valence-corrected chi connectivity index (χ4v) is 5.33. The van der Waals surface area contributed by atoms with Crippen LogP contribution in [0.4, 0.5) is 5.13 Å². The van der Waals surface area contributed by atoms with Gasteiger partial charge in [-0.3, -0.25) is 4.79 Å². The molecular formula is C19H27N3O3S. The van der Waals surface area contributed by atoms with E-state index in [1.54, 1.807) is 11.5 Å². The van der Waals surface area contributed by atoms with Gasteiger partial charge >= 0.3 is 5.97 Å². The van der Waals surface area contributed by atoms with Crippen LogP contribution < -0.4 is 5.32 Å². The number of ether oxygens (including phenoxy) is 1. The van der Waals surface area contributed by atoms with Gasteiger partial charge in [-0.1, -0.05) is 26.8 Å². The lowest BCUT2D eigenvalue weighted by Crippen LogP contribution is -2.39. The topological polar surface area (TPSA) is 71.5 Å². The number of likely N-dealkylation sites (tertiary alicyclic amines) is 1. The summed E-state index contributed by atoms with van der Waals surface area (Å²) in [6, 6.07) is 0.254. The second-order valence-corrected chi connectivity index (χ2v) is 9.38. The number of carbonyl (C=O) groups excluding carboxylic acids is 2. The maximum absolute atomic E-state index is 12.6. The molecule has 1 aromatic heterocycles. The van der Waals surface area contributed by atoms with Crippen molar-refractivity contribution in [2.45, 2.75) is 46.1 Å². The molecular weight excluding hydrogens is 350 g/mol. The first-order valence-corrected chi connectivity index (χ1v) is 9.86. The highest BCUT2D eigenvalue weighted by Crippen LogP contribution is 2.52. The summed E-state index contributed by atoms with van der Waals surface area (Å²) in [7, 11) is 0. The zero-order valence-electron chi connectivity index (χ0n) is 15.7. The van der Waals surface area contributed by atoms with E-state index in [1.807, 2.05) is 4.90 Å². The van der Waals surface area contributed by atoms with Crippen molar-refractivity contribution in [3.63, 3.8) is 0 Å². The largest absolute Gasteiger partial charge is 0.451 e. The standard InChI is InChI=1S/C19H27N3O3S/c1-5-6-20-17-21-14(10-26-17)16(24)25-9-15(23)22-12-19(4)8-13(22)7-18(2,3)11-19/h5,10,13H,1,6-9,11-12H2,2-4H3,(H,20,21)/t13-,19-/m1/s1. The summed E-state index contributed by atoms with van der Waals surface area (Å²) in [4.78, 5) is 30.9. The molecule has 1 saturated heterocycles. The van der Waals surface area contributed by atoms with Crippen molar-refractivity contribution in [2.75, 3.05) is 25.0 Å². The molecule has 6 nitrogen and oxygen atoms in total. The predicted molar refractivity (Wildman–Crippen MR) is 102 cm³/mol. The SMILES string of the molecule is C=CCNc1nc(C(=O)OCC(=O)N2C[C@]3(C)C[C@H]2CC(C)(C)C3)cs1. The molecule has 3 rings (SSSR count). The summed E-state index contributed by atoms with van der Waals surface area (Å²) in [5, 5.41) is 5.28. The van der Waals surface area contributed by atoms with Crippen molar-refractivity contribution < 1.29 is 14.3 Å². The van der Waals surface area contributed by atoms with E-state index < -0.39 is 5.97 Å². The third-order valence-corrected chi connectivity index (χ3v) is 5.97. The zero-order chi connectivity index (χ0) is 18.9. The number of thiazole rings is 1. The second kappa shape index (κ2) is 7.02. The highest BCUT2D eigenvalue weighted by atomic mass is 32.1. The molecule has 142 valence electrons. The molecule has 2 heterocycles. The van der Waals surface area contributed by atoms with Gasteiger partial charge in [0.25, 0.3) is 5.91 Å². The minimum absolute atomic E-state index is 0.106. The number of hydrogen-bond donors (Lipinski definition) is 1. The summed E-state index contributed by atoms with van der Waals surface area (Å²) >= 11 is 1.32. The van der Waals surface area contributed by atoms with Gasteiger partial charge in [0, 0.05) is 24.5 Å². The second-order valence-electron chi connectivity index (χ2n) is 8.52. The van der Waals surface area contributed by atoms with Gasteiger partial charge in [-0.25, -0.2) is 9.78 Å². The Hall–Kier alpha value is -1.89. The van der Waals surface area contributed by atoms with Crippen molar-refractivity contribution in [1.82, 2.24) is 9.88 Å². The summed E-state index contributed by atoms with van der Waals surface area (Å²) in [6.45, 7) is 11.5. The number of anilines is 1. The van der Waals surface area contributed by atoms with Crippen LogP contribution in [-0.2, 0) is 9.53 Å². The van der Waals surface area contributed by atoms with E-state index in [2.05, 4.69) is 37.7 Å². The molecule has 2 aliphatic rings. The Kier molecular flexibility index (Phi) is 5.10. The molecule has 0 radical (unpaired) electrons. The molecule has 2 atom stereocenters. The Labute approximate surface area is 158 Å². The first kappa shape index (κ1) is 18.9. The van der Waals surface area contributed by atoms with Crippen LogP contribution >= 0.6 is 11.3 Å². The molecule has 0 unspecified atom stereocenters. The van der Waals surface area contributed by atoms with Crippen molar-refractivity contribution in [1.29, 1.82) is 0 Å². The predicted octanol–water partition coefficient (Wildman–Crippen LogP) is 3.33. The Morgan fingerprint density at radius 3 is 2.96 bits per heavy atom. The third-order valence-electron chi connectivity index (χ3n) is 5.17. The number of fused-ring (bicyclic) bond motifs is 2. The first-order chi connectivity index (χ1) is 12.2. The molecule has 1 N–H and O–H groups in total. The highest BCUT2D eigenvalue weighted by Gasteiger charge is 2.50. The normalized spacial score (nSPS) is 26.4. The smallest absolute Gasteiger partial charge is 0.358 e. The molecule has 1 aliphatic heterocycles. The van der Waals surface area contributed by atoms with Crippen LogP contribution in [-0.4, -0.2) is 47.5 Å². The van der Waals surface area contributed by atoms with Crippen LogP contribution in [0.1, 0.15) is 50.5 Å². The minimum Gasteiger partial charge on any atom is -0.451 e. The van der Waals surface area contributed by atoms with E-state index in [9.17, 15) is 9.59 Å². The molecule has 0 aromatic carbocycles. The fourth-order valence-electron chi connectivity index (χ4n) is 4.64. The number of rotatable bonds is 6. The van der Waals surface area contributed by atoms with E-state index in [4.69, 9.17) is 4.74 Å². The number of aromatic nitrogens is 1. The Balaban J connectivity index is 1.55. The number of esters is 1. The van der Waals surface area contributed by atoms with Crippen LogP contribution in [0.5, 0.6) is 0 Å². The zero-order valence-corrected chi connectivity index (χ0v) is 16.5. The van der Waals surface area contributed by atoms with Gasteiger partial charge in [-0.15, -0.1) is 17.9 Å². The average Bonchev–Trinajstić information content (AvgIpc) is 3.11. The Morgan fingerprint density at radius 1 is 1.46 bits per heavy atom. The molecule has 1 saturated carbocycles. The highest BCUT2D eigenvalue weighted by molar-refractivity contribution is 7.13. The van der Waals surface area contributed by atoms with Gasteiger partial charge in [0.2, 0.25) is 0 Å². The Morgan fingerprint density at radius 2 is 2.23 bits per heavy atom. The fraction of sp³-hybridized carbons (Fsp3) is 0.632. The maximum atomic E-state index is 12.6. The summed E-state index contributed by atoms with van der Waals surface area (Å²) in [6.07, 6.45) is 4.89. The van der Waals surface area contributed by atoms with Crippen LogP contribution in [0.25, 0.3) is 0 Å². The van der Waals surface area contributed by atoms with Gasteiger partial charge in [0.1, 0.15) is 0 Å². The molecule has 1 amide bonds. The summed E-state index contributed by atoms with van der Waals surface area (Å²) < 4.78 is 5.22. The van der Waals surface area contributed by atoms with Gasteiger partial charge in [-0.2, -0.15) is 0 Å². The van der Waals surface area contributed by atoms with Gasteiger partial charge in [-0.05, 0) is 30.1 Å². The van der Waals surface area contributed by atoms with Crippen molar-refractivity contribution in [3.05, 3.63) is 23.7 Å². The number of amides is 1. The molecule has 0 spiro atoms. The minimum atomic E-state index is -0.560. The summed E-state index contributed by atoms with van der Waals surface area (Å²) in [5.41, 5.74) is 0.647. The average molecular weight is 378 g/mol. The van der Waals surface area contributed by atoms with E-state index in [0.29, 0.717) is 11.7 Å². The van der Waals surface area contributed by atoms with Crippen LogP contribution in [0.15, 0.2) is 18.0 Å². The van der Waals surface area contributed by atoms with Gasteiger partial charge in [0.05, 0.1) is 0 Å². The maximum Gasteiger partial charge on any atom is 0.358 e. The molecule has 1 aliphatic carbocycles. The van der Waals surface area contributed by atoms with Crippen LogP contribution in [0, 0.1) is 10.8 Å². The van der Waals surface area contributed by atoms with Crippen LogP contribution in [0.2, 0.25) is 0 Å².